The Hall–Kier alpha value is -3.54. The third kappa shape index (κ3) is 3.14. The third-order valence-corrected chi connectivity index (χ3v) is 5.47. The summed E-state index contributed by atoms with van der Waals surface area (Å²) in [6.07, 6.45) is 4.00. The van der Waals surface area contributed by atoms with Crippen molar-refractivity contribution in [3.63, 3.8) is 0 Å². The van der Waals surface area contributed by atoms with Crippen molar-refractivity contribution >= 4 is 5.71 Å². The highest BCUT2D eigenvalue weighted by atomic mass is 16.5. The Balaban J connectivity index is 1.55. The first-order valence-electron chi connectivity index (χ1n) is 10.1. The van der Waals surface area contributed by atoms with Crippen LogP contribution in [0.15, 0.2) is 72.1 Å². The van der Waals surface area contributed by atoms with Gasteiger partial charge in [0, 0.05) is 29.9 Å². The van der Waals surface area contributed by atoms with Crippen molar-refractivity contribution in [2.45, 2.75) is 25.6 Å². The summed E-state index contributed by atoms with van der Waals surface area (Å²) in [6.45, 7) is 2.64. The van der Waals surface area contributed by atoms with Crippen LogP contribution in [0.4, 0.5) is 0 Å². The van der Waals surface area contributed by atoms with Crippen molar-refractivity contribution in [2.24, 2.45) is 5.10 Å². The maximum atomic E-state index is 6.42. The molecule has 6 nitrogen and oxygen atoms in total. The summed E-state index contributed by atoms with van der Waals surface area (Å²) >= 11 is 0. The van der Waals surface area contributed by atoms with Crippen molar-refractivity contribution in [1.82, 2.24) is 9.99 Å². The average Bonchev–Trinajstić information content (AvgIpc) is 3.25. The van der Waals surface area contributed by atoms with E-state index in [4.69, 9.17) is 19.3 Å². The van der Waals surface area contributed by atoms with E-state index in [0.717, 1.165) is 46.1 Å². The summed E-state index contributed by atoms with van der Waals surface area (Å²) in [5.41, 5.74) is 4.15. The lowest BCUT2D eigenvalue weighted by Gasteiger charge is -2.38. The first-order chi connectivity index (χ1) is 14.8. The molecule has 0 unspecified atom stereocenters. The molecule has 0 aliphatic carbocycles. The van der Waals surface area contributed by atoms with Gasteiger partial charge in [-0.2, -0.15) is 5.10 Å². The van der Waals surface area contributed by atoms with Gasteiger partial charge in [-0.15, -0.1) is 0 Å². The molecule has 6 heteroatoms. The standard InChI is InChI=1S/C24H23N3O3/c1-3-29-18-11-9-16(10-12-18)20-14-21-19-7-4-8-22(28-2)23(19)30-24(27(21)26-20)17-6-5-13-25-15-17/h4-13,15,21,24H,3,14H2,1-2H3/t21-,24+/m0/s1. The SMILES string of the molecule is CCOc1ccc(C2=NN3[C@@H](c4cccnc4)Oc4c(OC)cccc4[C@@H]3C2)cc1. The molecule has 0 fully saturated rings. The minimum Gasteiger partial charge on any atom is -0.494 e. The fraction of sp³-hybridized carbons (Fsp3) is 0.250. The predicted octanol–water partition coefficient (Wildman–Crippen LogP) is 4.73. The zero-order valence-electron chi connectivity index (χ0n) is 17.0. The Labute approximate surface area is 175 Å². The number of methoxy groups -OCH3 is 1. The zero-order chi connectivity index (χ0) is 20.5. The van der Waals surface area contributed by atoms with Crippen LogP contribution in [-0.4, -0.2) is 29.4 Å². The zero-order valence-corrected chi connectivity index (χ0v) is 17.0. The molecule has 0 amide bonds. The number of benzene rings is 2. The lowest BCUT2D eigenvalue weighted by Crippen LogP contribution is -2.33. The number of aromatic nitrogens is 1. The molecule has 5 rings (SSSR count). The molecule has 2 aromatic carbocycles. The Morgan fingerprint density at radius 1 is 1.10 bits per heavy atom. The van der Waals surface area contributed by atoms with E-state index >= 15 is 0 Å². The smallest absolute Gasteiger partial charge is 0.215 e. The first-order valence-corrected chi connectivity index (χ1v) is 10.1. The second-order valence-corrected chi connectivity index (χ2v) is 7.24. The van der Waals surface area contributed by atoms with Crippen LogP contribution < -0.4 is 14.2 Å². The van der Waals surface area contributed by atoms with Crippen LogP contribution in [0, 0.1) is 0 Å². The van der Waals surface area contributed by atoms with Crippen molar-refractivity contribution in [3.05, 3.63) is 83.7 Å². The number of pyridine rings is 1. The lowest BCUT2D eigenvalue weighted by molar-refractivity contribution is -0.0211. The van der Waals surface area contributed by atoms with Crippen LogP contribution >= 0.6 is 0 Å². The van der Waals surface area contributed by atoms with E-state index < -0.39 is 0 Å². The van der Waals surface area contributed by atoms with Crippen molar-refractivity contribution in [2.75, 3.05) is 13.7 Å². The number of para-hydroxylation sites is 1. The number of hydrogen-bond acceptors (Lipinski definition) is 6. The highest BCUT2D eigenvalue weighted by Crippen LogP contribution is 2.50. The van der Waals surface area contributed by atoms with E-state index in [1.165, 1.54) is 0 Å². The van der Waals surface area contributed by atoms with Gasteiger partial charge in [0.15, 0.2) is 11.5 Å². The topological polar surface area (TPSA) is 56.2 Å². The van der Waals surface area contributed by atoms with Gasteiger partial charge in [0.25, 0.3) is 0 Å². The summed E-state index contributed by atoms with van der Waals surface area (Å²) in [5.74, 6) is 2.37. The van der Waals surface area contributed by atoms with E-state index in [0.29, 0.717) is 6.61 Å². The first kappa shape index (κ1) is 18.5. The number of fused-ring (bicyclic) bond motifs is 3. The molecule has 152 valence electrons. The van der Waals surface area contributed by atoms with E-state index in [9.17, 15) is 0 Å². The Morgan fingerprint density at radius 2 is 1.97 bits per heavy atom. The monoisotopic (exact) mass is 401 g/mol. The van der Waals surface area contributed by atoms with Gasteiger partial charge in [-0.05, 0) is 48.9 Å². The third-order valence-electron chi connectivity index (χ3n) is 5.47. The summed E-state index contributed by atoms with van der Waals surface area (Å²) in [4.78, 5) is 4.28. The van der Waals surface area contributed by atoms with E-state index in [1.54, 1.807) is 13.3 Å². The number of nitrogens with zero attached hydrogens (tertiary/aromatic N) is 3. The number of hydrogen-bond donors (Lipinski definition) is 0. The molecule has 2 aliphatic heterocycles. The largest absolute Gasteiger partial charge is 0.494 e. The van der Waals surface area contributed by atoms with Gasteiger partial charge < -0.3 is 14.2 Å². The molecule has 0 saturated carbocycles. The van der Waals surface area contributed by atoms with Gasteiger partial charge in [0.2, 0.25) is 6.23 Å². The molecule has 0 saturated heterocycles. The Bertz CT molecular complexity index is 1070. The molecule has 0 spiro atoms. The number of hydrazone groups is 1. The van der Waals surface area contributed by atoms with Crippen molar-refractivity contribution in [1.29, 1.82) is 0 Å². The van der Waals surface area contributed by atoms with E-state index in [1.807, 2.05) is 54.5 Å². The van der Waals surface area contributed by atoms with Gasteiger partial charge in [0.05, 0.1) is 25.5 Å². The highest BCUT2D eigenvalue weighted by molar-refractivity contribution is 6.02. The van der Waals surface area contributed by atoms with E-state index in [-0.39, 0.29) is 12.3 Å². The molecule has 30 heavy (non-hydrogen) atoms. The molecular weight excluding hydrogens is 378 g/mol. The summed E-state index contributed by atoms with van der Waals surface area (Å²) in [5, 5.41) is 7.03. The molecule has 0 bridgehead atoms. The van der Waals surface area contributed by atoms with Crippen LogP contribution in [0.5, 0.6) is 17.2 Å². The quantitative estimate of drug-likeness (QED) is 0.619. The lowest BCUT2D eigenvalue weighted by atomic mass is 9.95. The van der Waals surface area contributed by atoms with E-state index in [2.05, 4.69) is 23.2 Å². The maximum Gasteiger partial charge on any atom is 0.215 e. The molecule has 3 aromatic rings. The Kier molecular flexibility index (Phi) is 4.75. The molecule has 3 heterocycles. The van der Waals surface area contributed by atoms with Gasteiger partial charge in [0.1, 0.15) is 5.75 Å². The summed E-state index contributed by atoms with van der Waals surface area (Å²) in [7, 11) is 1.67. The van der Waals surface area contributed by atoms with Crippen molar-refractivity contribution < 1.29 is 14.2 Å². The molecular formula is C24H23N3O3. The highest BCUT2D eigenvalue weighted by Gasteiger charge is 2.42. The van der Waals surface area contributed by atoms with Gasteiger partial charge in [-0.3, -0.25) is 4.98 Å². The summed E-state index contributed by atoms with van der Waals surface area (Å²) in [6, 6.07) is 18.1. The molecule has 1 aromatic heterocycles. The minimum absolute atomic E-state index is 0.0654. The van der Waals surface area contributed by atoms with Gasteiger partial charge in [-0.25, -0.2) is 5.01 Å². The second-order valence-electron chi connectivity index (χ2n) is 7.24. The van der Waals surface area contributed by atoms with Crippen molar-refractivity contribution in [3.8, 4) is 17.2 Å². The van der Waals surface area contributed by atoms with Gasteiger partial charge >= 0.3 is 0 Å². The predicted molar refractivity (Wildman–Crippen MR) is 114 cm³/mol. The Morgan fingerprint density at radius 3 is 2.70 bits per heavy atom. The number of rotatable bonds is 5. The van der Waals surface area contributed by atoms with Crippen LogP contribution in [-0.2, 0) is 0 Å². The van der Waals surface area contributed by atoms with Crippen LogP contribution in [0.1, 0.15) is 42.3 Å². The molecule has 0 N–H and O–H groups in total. The second kappa shape index (κ2) is 7.71. The molecule has 2 aliphatic rings. The van der Waals surface area contributed by atoms with Crippen LogP contribution in [0.3, 0.4) is 0 Å². The summed E-state index contributed by atoms with van der Waals surface area (Å²) < 4.78 is 17.6. The molecule has 2 atom stereocenters. The van der Waals surface area contributed by atoms with Crippen LogP contribution in [0.25, 0.3) is 0 Å². The number of ether oxygens (including phenoxy) is 3. The fourth-order valence-electron chi connectivity index (χ4n) is 4.07. The minimum atomic E-state index is -0.368. The normalized spacial score (nSPS) is 19.4. The average molecular weight is 401 g/mol. The van der Waals surface area contributed by atoms with Gasteiger partial charge in [-0.1, -0.05) is 18.2 Å². The maximum absolute atomic E-state index is 6.42. The van der Waals surface area contributed by atoms with Crippen LogP contribution in [0.2, 0.25) is 0 Å². The molecule has 0 radical (unpaired) electrons. The fourth-order valence-corrected chi connectivity index (χ4v) is 4.07.